The summed E-state index contributed by atoms with van der Waals surface area (Å²) in [4.78, 5) is 32.9. The van der Waals surface area contributed by atoms with Gasteiger partial charge in [0.25, 0.3) is 0 Å². The van der Waals surface area contributed by atoms with E-state index in [2.05, 4.69) is 10.6 Å². The fourth-order valence-corrected chi connectivity index (χ4v) is 1.97. The largest absolute Gasteiger partial charge is 0.379 e. The van der Waals surface area contributed by atoms with Crippen molar-refractivity contribution in [2.75, 3.05) is 52.7 Å². The monoisotopic (exact) mass is 374 g/mol. The number of nitrogens with one attached hydrogen (secondary N) is 2. The maximum Gasteiger partial charge on any atom is 0.220 e. The van der Waals surface area contributed by atoms with Crippen molar-refractivity contribution in [2.24, 2.45) is 0 Å². The third kappa shape index (κ3) is 20.5. The lowest BCUT2D eigenvalue weighted by Crippen LogP contribution is -2.25. The van der Waals surface area contributed by atoms with E-state index in [9.17, 15) is 14.4 Å². The van der Waals surface area contributed by atoms with Crippen molar-refractivity contribution in [1.82, 2.24) is 10.6 Å². The minimum absolute atomic E-state index is 0.0216. The molecule has 0 bridgehead atoms. The van der Waals surface area contributed by atoms with Gasteiger partial charge >= 0.3 is 0 Å². The summed E-state index contributed by atoms with van der Waals surface area (Å²) in [5.74, 6) is 0.0639. The van der Waals surface area contributed by atoms with Crippen LogP contribution in [-0.4, -0.2) is 70.3 Å². The zero-order valence-electron chi connectivity index (χ0n) is 16.1. The Labute approximate surface area is 156 Å². The number of carbonyl (C=O) groups is 3. The first-order valence-corrected chi connectivity index (χ1v) is 9.26. The molecule has 0 unspecified atom stereocenters. The number of hydrogen-bond acceptors (Lipinski definition) is 6. The molecule has 0 aromatic rings. The van der Waals surface area contributed by atoms with Crippen LogP contribution in [0.1, 0.15) is 46.0 Å². The number of Topliss-reactive ketones (excluding diaryl/α,β-unsaturated/α-hetero) is 1. The van der Waals surface area contributed by atoms with E-state index in [4.69, 9.17) is 14.2 Å². The molecular formula is C18H34N2O6. The first-order chi connectivity index (χ1) is 12.5. The average molecular weight is 374 g/mol. The predicted octanol–water partition coefficient (Wildman–Crippen LogP) is 0.828. The van der Waals surface area contributed by atoms with Gasteiger partial charge < -0.3 is 29.6 Å². The van der Waals surface area contributed by atoms with Gasteiger partial charge in [-0.25, -0.2) is 0 Å². The average Bonchev–Trinajstić information content (AvgIpc) is 2.57. The third-order valence-corrected chi connectivity index (χ3v) is 3.30. The summed E-state index contributed by atoms with van der Waals surface area (Å²) in [6, 6.07) is 0. The summed E-state index contributed by atoms with van der Waals surface area (Å²) in [5, 5.41) is 5.50. The molecule has 0 aromatic carbocycles. The van der Waals surface area contributed by atoms with Crippen LogP contribution in [0.15, 0.2) is 0 Å². The highest BCUT2D eigenvalue weighted by Gasteiger charge is 2.01. The van der Waals surface area contributed by atoms with Crippen molar-refractivity contribution in [3.63, 3.8) is 0 Å². The van der Waals surface area contributed by atoms with Gasteiger partial charge in [-0.15, -0.1) is 0 Å². The number of rotatable bonds is 18. The molecule has 0 saturated heterocycles. The molecule has 0 heterocycles. The first kappa shape index (κ1) is 24.5. The van der Waals surface area contributed by atoms with Gasteiger partial charge in [0.05, 0.1) is 26.4 Å². The van der Waals surface area contributed by atoms with Crippen molar-refractivity contribution >= 4 is 17.6 Å². The van der Waals surface area contributed by atoms with Gasteiger partial charge in [-0.05, 0) is 26.2 Å². The highest BCUT2D eigenvalue weighted by molar-refractivity contribution is 5.78. The van der Waals surface area contributed by atoms with Gasteiger partial charge in [-0.2, -0.15) is 0 Å². The van der Waals surface area contributed by atoms with Gasteiger partial charge in [0.15, 0.2) is 0 Å². The standard InChI is InChI=1S/C18H34N2O6/c1-16(21)6-3-7-18(23)20-9-5-11-25-13-15-26-14-12-24-10-4-8-19-17(2)22/h3-15H2,1-2H3,(H,19,22)(H,20,23). The molecule has 2 amide bonds. The summed E-state index contributed by atoms with van der Waals surface area (Å²) in [6.45, 7) is 7.44. The Balaban J connectivity index is 3.14. The Hall–Kier alpha value is -1.51. The number of ketones is 1. The molecule has 0 atom stereocenters. The van der Waals surface area contributed by atoms with E-state index >= 15 is 0 Å². The minimum Gasteiger partial charge on any atom is -0.379 e. The Bertz CT molecular complexity index is 390. The smallest absolute Gasteiger partial charge is 0.220 e. The summed E-state index contributed by atoms with van der Waals surface area (Å²) < 4.78 is 16.1. The molecule has 8 nitrogen and oxygen atoms in total. The number of hydrogen-bond donors (Lipinski definition) is 2. The second-order valence-electron chi connectivity index (χ2n) is 5.93. The Morgan fingerprint density at radius 2 is 1.15 bits per heavy atom. The van der Waals surface area contributed by atoms with E-state index in [1.54, 1.807) is 0 Å². The van der Waals surface area contributed by atoms with E-state index in [-0.39, 0.29) is 17.6 Å². The maximum atomic E-state index is 11.5. The van der Waals surface area contributed by atoms with Crippen LogP contribution in [-0.2, 0) is 28.6 Å². The van der Waals surface area contributed by atoms with Crippen LogP contribution in [0, 0.1) is 0 Å². The summed E-state index contributed by atoms with van der Waals surface area (Å²) in [6.07, 6.45) is 2.99. The molecule has 0 aromatic heterocycles. The van der Waals surface area contributed by atoms with Crippen LogP contribution in [0.4, 0.5) is 0 Å². The van der Waals surface area contributed by atoms with Gasteiger partial charge in [0.1, 0.15) is 5.78 Å². The molecule has 0 aliphatic rings. The van der Waals surface area contributed by atoms with Crippen LogP contribution in [0.25, 0.3) is 0 Å². The molecule has 0 aliphatic carbocycles. The maximum absolute atomic E-state index is 11.5. The molecule has 0 rings (SSSR count). The Kier molecular flexibility index (Phi) is 17.2. The first-order valence-electron chi connectivity index (χ1n) is 9.26. The Morgan fingerprint density at radius 1 is 0.654 bits per heavy atom. The quantitative estimate of drug-likeness (QED) is 0.345. The van der Waals surface area contributed by atoms with E-state index in [0.717, 1.165) is 12.8 Å². The van der Waals surface area contributed by atoms with E-state index in [1.807, 2.05) is 0 Å². The molecule has 2 N–H and O–H groups in total. The topological polar surface area (TPSA) is 103 Å². The highest BCUT2D eigenvalue weighted by atomic mass is 16.5. The molecule has 0 spiro atoms. The minimum atomic E-state index is -0.0274. The van der Waals surface area contributed by atoms with Crippen molar-refractivity contribution in [3.05, 3.63) is 0 Å². The van der Waals surface area contributed by atoms with Gasteiger partial charge in [0.2, 0.25) is 11.8 Å². The number of carbonyl (C=O) groups excluding carboxylic acids is 3. The van der Waals surface area contributed by atoms with Crippen LogP contribution >= 0.6 is 0 Å². The van der Waals surface area contributed by atoms with Crippen molar-refractivity contribution in [2.45, 2.75) is 46.0 Å². The van der Waals surface area contributed by atoms with Crippen LogP contribution in [0.5, 0.6) is 0 Å². The number of ether oxygens (including phenoxy) is 3. The molecule has 26 heavy (non-hydrogen) atoms. The fourth-order valence-electron chi connectivity index (χ4n) is 1.97. The molecule has 8 heteroatoms. The zero-order chi connectivity index (χ0) is 19.5. The van der Waals surface area contributed by atoms with Gasteiger partial charge in [-0.1, -0.05) is 0 Å². The van der Waals surface area contributed by atoms with Crippen molar-refractivity contribution in [3.8, 4) is 0 Å². The summed E-state index contributed by atoms with van der Waals surface area (Å²) in [7, 11) is 0. The van der Waals surface area contributed by atoms with Crippen LogP contribution < -0.4 is 10.6 Å². The van der Waals surface area contributed by atoms with Gasteiger partial charge in [-0.3, -0.25) is 9.59 Å². The van der Waals surface area contributed by atoms with Gasteiger partial charge in [0, 0.05) is 46.1 Å². The molecule has 0 saturated carbocycles. The van der Waals surface area contributed by atoms with E-state index in [1.165, 1.54) is 13.8 Å². The van der Waals surface area contributed by atoms with Crippen LogP contribution in [0.2, 0.25) is 0 Å². The summed E-state index contributed by atoms with van der Waals surface area (Å²) in [5.41, 5.74) is 0. The fraction of sp³-hybridized carbons (Fsp3) is 0.833. The molecule has 0 fully saturated rings. The summed E-state index contributed by atoms with van der Waals surface area (Å²) >= 11 is 0. The molecule has 0 aliphatic heterocycles. The molecule has 152 valence electrons. The second-order valence-corrected chi connectivity index (χ2v) is 5.93. The number of amides is 2. The van der Waals surface area contributed by atoms with E-state index in [0.29, 0.717) is 72.0 Å². The van der Waals surface area contributed by atoms with Crippen LogP contribution in [0.3, 0.4) is 0 Å². The predicted molar refractivity (Wildman–Crippen MR) is 97.9 cm³/mol. The van der Waals surface area contributed by atoms with E-state index < -0.39 is 0 Å². The van der Waals surface area contributed by atoms with Crippen molar-refractivity contribution in [1.29, 1.82) is 0 Å². The lowest BCUT2D eigenvalue weighted by molar-refractivity contribution is -0.121. The SMILES string of the molecule is CC(=O)CCCC(=O)NCCCOCCOCCOCCCNC(C)=O. The van der Waals surface area contributed by atoms with Crippen molar-refractivity contribution < 1.29 is 28.6 Å². The molecule has 0 radical (unpaired) electrons. The third-order valence-electron chi connectivity index (χ3n) is 3.30. The zero-order valence-corrected chi connectivity index (χ0v) is 16.1. The Morgan fingerprint density at radius 3 is 1.65 bits per heavy atom. The second kappa shape index (κ2) is 18.3. The lowest BCUT2D eigenvalue weighted by atomic mass is 10.2. The lowest BCUT2D eigenvalue weighted by Gasteiger charge is -2.08. The normalized spacial score (nSPS) is 10.5. The molecular weight excluding hydrogens is 340 g/mol. The highest BCUT2D eigenvalue weighted by Crippen LogP contribution is 1.96.